The van der Waals surface area contributed by atoms with E-state index in [2.05, 4.69) is 20.9 Å². The van der Waals surface area contributed by atoms with Crippen molar-refractivity contribution in [2.24, 2.45) is 10.9 Å². The standard InChI is InChI=1S/C24H30N4O3/c1-2-25-24(27-15-20-16-30-21-11-3-4-12-22(21)31-20)26-14-17-7-5-10-19(13-17)28-23(29)18-8-6-9-18/h3-5,7,10-13,18,20H,2,6,8-9,14-16H2,1H3,(H,28,29)(H2,25,26,27). The Labute approximate surface area is 183 Å². The molecule has 0 aromatic heterocycles. The number of guanidine groups is 1. The zero-order valence-corrected chi connectivity index (χ0v) is 17.9. The van der Waals surface area contributed by atoms with Crippen LogP contribution in [0, 0.1) is 5.92 Å². The van der Waals surface area contributed by atoms with E-state index in [1.807, 2.05) is 55.5 Å². The van der Waals surface area contributed by atoms with Crippen LogP contribution >= 0.6 is 0 Å². The summed E-state index contributed by atoms with van der Waals surface area (Å²) in [6.45, 7) is 4.37. The SMILES string of the molecule is CCNC(=NCc1cccc(NC(=O)C2CCC2)c1)NCC1COc2ccccc2O1. The molecule has 4 rings (SSSR count). The number of nitrogens with zero attached hydrogens (tertiary/aromatic N) is 1. The van der Waals surface area contributed by atoms with Crippen LogP contribution in [0.3, 0.4) is 0 Å². The van der Waals surface area contributed by atoms with Gasteiger partial charge in [0.05, 0.1) is 13.1 Å². The maximum absolute atomic E-state index is 12.2. The van der Waals surface area contributed by atoms with Gasteiger partial charge in [0.1, 0.15) is 12.7 Å². The fraction of sp³-hybridized carbons (Fsp3) is 0.417. The van der Waals surface area contributed by atoms with Crippen molar-refractivity contribution in [2.45, 2.75) is 38.8 Å². The molecular weight excluding hydrogens is 392 g/mol. The maximum atomic E-state index is 12.2. The lowest BCUT2D eigenvalue weighted by atomic mass is 9.85. The molecule has 0 bridgehead atoms. The van der Waals surface area contributed by atoms with Crippen molar-refractivity contribution in [3.8, 4) is 11.5 Å². The number of carbonyl (C=O) groups is 1. The number of hydrogen-bond acceptors (Lipinski definition) is 4. The number of hydrogen-bond donors (Lipinski definition) is 3. The van der Waals surface area contributed by atoms with E-state index in [1.54, 1.807) is 0 Å². The van der Waals surface area contributed by atoms with Gasteiger partial charge in [0, 0.05) is 18.2 Å². The second kappa shape index (κ2) is 10.2. The van der Waals surface area contributed by atoms with Crippen LogP contribution in [0.2, 0.25) is 0 Å². The van der Waals surface area contributed by atoms with Gasteiger partial charge >= 0.3 is 0 Å². The Kier molecular flexibility index (Phi) is 6.92. The van der Waals surface area contributed by atoms with Crippen molar-refractivity contribution in [1.29, 1.82) is 0 Å². The summed E-state index contributed by atoms with van der Waals surface area (Å²) in [5.41, 5.74) is 1.86. The minimum Gasteiger partial charge on any atom is -0.486 e. The molecule has 1 saturated carbocycles. The Hall–Kier alpha value is -3.22. The fourth-order valence-corrected chi connectivity index (χ4v) is 3.55. The summed E-state index contributed by atoms with van der Waals surface area (Å²) < 4.78 is 11.8. The third-order valence-electron chi connectivity index (χ3n) is 5.50. The van der Waals surface area contributed by atoms with Crippen molar-refractivity contribution in [2.75, 3.05) is 25.0 Å². The third-order valence-corrected chi connectivity index (χ3v) is 5.50. The van der Waals surface area contributed by atoms with E-state index in [9.17, 15) is 4.79 Å². The van der Waals surface area contributed by atoms with Crippen molar-refractivity contribution >= 4 is 17.6 Å². The highest BCUT2D eigenvalue weighted by molar-refractivity contribution is 5.93. The monoisotopic (exact) mass is 422 g/mol. The van der Waals surface area contributed by atoms with Gasteiger partial charge in [0.15, 0.2) is 17.5 Å². The predicted molar refractivity (Wildman–Crippen MR) is 122 cm³/mol. The number of para-hydroxylation sites is 2. The first kappa shape index (κ1) is 21.0. The number of aliphatic imine (C=N–C) groups is 1. The van der Waals surface area contributed by atoms with Crippen LogP contribution < -0.4 is 25.4 Å². The van der Waals surface area contributed by atoms with Crippen LogP contribution in [0.15, 0.2) is 53.5 Å². The fourth-order valence-electron chi connectivity index (χ4n) is 3.55. The molecule has 7 nitrogen and oxygen atoms in total. The van der Waals surface area contributed by atoms with E-state index in [-0.39, 0.29) is 17.9 Å². The summed E-state index contributed by atoms with van der Waals surface area (Å²) in [5.74, 6) is 2.56. The first-order valence-electron chi connectivity index (χ1n) is 11.0. The van der Waals surface area contributed by atoms with Gasteiger partial charge in [-0.25, -0.2) is 4.99 Å². The largest absolute Gasteiger partial charge is 0.486 e. The number of amides is 1. The van der Waals surface area contributed by atoms with E-state index in [1.165, 1.54) is 0 Å². The molecule has 2 aromatic carbocycles. The normalized spacial score (nSPS) is 18.1. The van der Waals surface area contributed by atoms with Crippen LogP contribution in [-0.2, 0) is 11.3 Å². The zero-order chi connectivity index (χ0) is 21.5. The Balaban J connectivity index is 1.31. The highest BCUT2D eigenvalue weighted by atomic mass is 16.6. The summed E-state index contributed by atoms with van der Waals surface area (Å²) in [4.78, 5) is 16.9. The van der Waals surface area contributed by atoms with Gasteiger partial charge in [-0.15, -0.1) is 0 Å². The van der Waals surface area contributed by atoms with Gasteiger partial charge in [0.2, 0.25) is 5.91 Å². The van der Waals surface area contributed by atoms with Gasteiger partial charge in [0.25, 0.3) is 0 Å². The van der Waals surface area contributed by atoms with E-state index in [0.717, 1.165) is 48.6 Å². The summed E-state index contributed by atoms with van der Waals surface area (Å²) in [5, 5.41) is 9.62. The quantitative estimate of drug-likeness (QED) is 0.471. The highest BCUT2D eigenvalue weighted by Crippen LogP contribution is 2.30. The minimum atomic E-state index is -0.0937. The predicted octanol–water partition coefficient (Wildman–Crippen LogP) is 3.32. The number of ether oxygens (including phenoxy) is 2. The van der Waals surface area contributed by atoms with Crippen LogP contribution in [0.1, 0.15) is 31.7 Å². The summed E-state index contributed by atoms with van der Waals surface area (Å²) in [6.07, 6.45) is 3.05. The first-order chi connectivity index (χ1) is 15.2. The molecule has 0 spiro atoms. The summed E-state index contributed by atoms with van der Waals surface area (Å²) >= 11 is 0. The van der Waals surface area contributed by atoms with Crippen LogP contribution in [-0.4, -0.2) is 37.7 Å². The van der Waals surface area contributed by atoms with E-state index in [0.29, 0.717) is 25.7 Å². The van der Waals surface area contributed by atoms with Crippen molar-refractivity contribution in [3.05, 3.63) is 54.1 Å². The van der Waals surface area contributed by atoms with Crippen LogP contribution in [0.5, 0.6) is 11.5 Å². The Bertz CT molecular complexity index is 927. The molecule has 7 heteroatoms. The molecule has 1 fully saturated rings. The molecular formula is C24H30N4O3. The van der Waals surface area contributed by atoms with Crippen LogP contribution in [0.4, 0.5) is 5.69 Å². The van der Waals surface area contributed by atoms with Gasteiger partial charge in [-0.2, -0.15) is 0 Å². The van der Waals surface area contributed by atoms with Crippen LogP contribution in [0.25, 0.3) is 0 Å². The lowest BCUT2D eigenvalue weighted by molar-refractivity contribution is -0.122. The lowest BCUT2D eigenvalue weighted by Gasteiger charge is -2.27. The molecule has 164 valence electrons. The van der Waals surface area contributed by atoms with Crippen molar-refractivity contribution < 1.29 is 14.3 Å². The smallest absolute Gasteiger partial charge is 0.227 e. The third kappa shape index (κ3) is 5.69. The molecule has 1 atom stereocenters. The van der Waals surface area contributed by atoms with Gasteiger partial charge in [-0.1, -0.05) is 30.7 Å². The number of benzene rings is 2. The van der Waals surface area contributed by atoms with Gasteiger partial charge < -0.3 is 25.4 Å². The van der Waals surface area contributed by atoms with Gasteiger partial charge in [-0.3, -0.25) is 4.79 Å². The van der Waals surface area contributed by atoms with E-state index < -0.39 is 0 Å². The minimum absolute atomic E-state index is 0.0937. The van der Waals surface area contributed by atoms with Gasteiger partial charge in [-0.05, 0) is 49.6 Å². The molecule has 0 saturated heterocycles. The number of nitrogens with one attached hydrogen (secondary N) is 3. The van der Waals surface area contributed by atoms with Crippen molar-refractivity contribution in [3.63, 3.8) is 0 Å². The first-order valence-corrected chi connectivity index (χ1v) is 11.0. The Morgan fingerprint density at radius 3 is 2.71 bits per heavy atom. The number of rotatable bonds is 7. The Morgan fingerprint density at radius 1 is 1.10 bits per heavy atom. The second-order valence-electron chi connectivity index (χ2n) is 7.89. The Morgan fingerprint density at radius 2 is 1.94 bits per heavy atom. The molecule has 2 aliphatic rings. The molecule has 2 aromatic rings. The average molecular weight is 423 g/mol. The van der Waals surface area contributed by atoms with E-state index in [4.69, 9.17) is 9.47 Å². The molecule has 1 aliphatic carbocycles. The second-order valence-corrected chi connectivity index (χ2v) is 7.89. The summed E-state index contributed by atoms with van der Waals surface area (Å²) in [6, 6.07) is 15.6. The highest BCUT2D eigenvalue weighted by Gasteiger charge is 2.25. The average Bonchev–Trinajstić information content (AvgIpc) is 2.74. The molecule has 31 heavy (non-hydrogen) atoms. The number of anilines is 1. The lowest BCUT2D eigenvalue weighted by Crippen LogP contribution is -2.45. The molecule has 3 N–H and O–H groups in total. The number of fused-ring (bicyclic) bond motifs is 1. The molecule has 0 radical (unpaired) electrons. The van der Waals surface area contributed by atoms with E-state index >= 15 is 0 Å². The maximum Gasteiger partial charge on any atom is 0.227 e. The molecule has 1 heterocycles. The zero-order valence-electron chi connectivity index (χ0n) is 17.9. The number of carbonyl (C=O) groups excluding carboxylic acids is 1. The molecule has 1 amide bonds. The molecule has 1 unspecified atom stereocenters. The molecule has 1 aliphatic heterocycles. The summed E-state index contributed by atoms with van der Waals surface area (Å²) in [7, 11) is 0. The topological polar surface area (TPSA) is 84.0 Å². The van der Waals surface area contributed by atoms with Crippen molar-refractivity contribution in [1.82, 2.24) is 10.6 Å².